The molecule has 3 aromatic rings. The van der Waals surface area contributed by atoms with Crippen LogP contribution < -0.4 is 15.1 Å². The molecular formula is C25H22N4O3. The molecule has 0 aliphatic carbocycles. The maximum atomic E-state index is 13.4. The Hall–Kier alpha value is -3.74. The Balaban J connectivity index is 1.45. The number of nitrogens with zero attached hydrogens (tertiary/aromatic N) is 3. The number of benzene rings is 2. The molecule has 2 saturated heterocycles. The van der Waals surface area contributed by atoms with E-state index < -0.39 is 11.9 Å². The molecule has 1 N–H and O–H groups in total. The van der Waals surface area contributed by atoms with E-state index in [1.165, 1.54) is 5.56 Å². The van der Waals surface area contributed by atoms with Crippen molar-refractivity contribution in [2.75, 3.05) is 16.3 Å². The van der Waals surface area contributed by atoms with Gasteiger partial charge >= 0.3 is 0 Å². The minimum absolute atomic E-state index is 0.178. The van der Waals surface area contributed by atoms with Crippen molar-refractivity contribution in [3.05, 3.63) is 66.0 Å². The van der Waals surface area contributed by atoms with Gasteiger partial charge in [0, 0.05) is 41.8 Å². The third-order valence-corrected chi connectivity index (χ3v) is 6.86. The first-order chi connectivity index (χ1) is 15.6. The summed E-state index contributed by atoms with van der Waals surface area (Å²) in [5.74, 6) is -0.871. The molecule has 7 nitrogen and oxygen atoms in total. The number of imide groups is 1. The Morgan fingerprint density at radius 3 is 2.66 bits per heavy atom. The Morgan fingerprint density at radius 2 is 1.84 bits per heavy atom. The molecule has 32 heavy (non-hydrogen) atoms. The van der Waals surface area contributed by atoms with Gasteiger partial charge in [0.25, 0.3) is 5.91 Å². The summed E-state index contributed by atoms with van der Waals surface area (Å²) in [4.78, 5) is 45.8. The SMILES string of the molecule is O=C1CCC(N2C(=O)c3ccc(N4CCCC4c4cccnc4)c4cccc2c34)C(=O)N1. The van der Waals surface area contributed by atoms with Gasteiger partial charge in [-0.1, -0.05) is 18.2 Å². The van der Waals surface area contributed by atoms with Gasteiger partial charge in [0.2, 0.25) is 11.8 Å². The van der Waals surface area contributed by atoms with Gasteiger partial charge in [0.15, 0.2) is 0 Å². The molecule has 160 valence electrons. The summed E-state index contributed by atoms with van der Waals surface area (Å²) in [6, 6.07) is 13.5. The maximum absolute atomic E-state index is 13.4. The molecule has 2 aromatic carbocycles. The Labute approximate surface area is 185 Å². The van der Waals surface area contributed by atoms with E-state index in [2.05, 4.69) is 27.3 Å². The standard InChI is InChI=1S/C25H22N4O3/c30-22-11-10-21(24(31)27-22)29-20-6-1-5-16-19(9-8-17(23(16)20)25(29)32)28-13-3-7-18(28)15-4-2-12-26-14-15/h1-2,4-6,8-9,12,14,18,21H,3,7,10-11,13H2,(H,27,30,31). The Morgan fingerprint density at radius 1 is 0.938 bits per heavy atom. The number of rotatable bonds is 3. The van der Waals surface area contributed by atoms with Crippen LogP contribution in [-0.2, 0) is 9.59 Å². The lowest BCUT2D eigenvalue weighted by Gasteiger charge is -2.30. The zero-order chi connectivity index (χ0) is 21.8. The van der Waals surface area contributed by atoms with E-state index in [1.807, 2.05) is 36.5 Å². The number of carbonyl (C=O) groups is 3. The first-order valence-corrected chi connectivity index (χ1v) is 11.0. The van der Waals surface area contributed by atoms with Crippen molar-refractivity contribution in [2.45, 2.75) is 37.8 Å². The largest absolute Gasteiger partial charge is 0.364 e. The summed E-state index contributed by atoms with van der Waals surface area (Å²) in [5.41, 5.74) is 3.64. The predicted octanol–water partition coefficient (Wildman–Crippen LogP) is 3.34. The molecule has 0 saturated carbocycles. The van der Waals surface area contributed by atoms with E-state index in [0.29, 0.717) is 12.0 Å². The molecule has 6 rings (SSSR count). The summed E-state index contributed by atoms with van der Waals surface area (Å²) in [6.45, 7) is 0.934. The minimum atomic E-state index is -0.670. The highest BCUT2D eigenvalue weighted by Crippen LogP contribution is 2.46. The molecule has 1 aromatic heterocycles. The highest BCUT2D eigenvalue weighted by atomic mass is 16.2. The lowest BCUT2D eigenvalue weighted by Crippen LogP contribution is -2.53. The average Bonchev–Trinajstić information content (AvgIpc) is 3.40. The normalized spacial score (nSPS) is 22.7. The quantitative estimate of drug-likeness (QED) is 0.650. The first kappa shape index (κ1) is 19.0. The van der Waals surface area contributed by atoms with Crippen molar-refractivity contribution in [2.24, 2.45) is 0 Å². The number of carbonyl (C=O) groups excluding carboxylic acids is 3. The number of pyridine rings is 1. The predicted molar refractivity (Wildman–Crippen MR) is 120 cm³/mol. The second kappa shape index (κ2) is 7.15. The minimum Gasteiger partial charge on any atom is -0.364 e. The third kappa shape index (κ3) is 2.74. The fourth-order valence-corrected chi connectivity index (χ4v) is 5.45. The summed E-state index contributed by atoms with van der Waals surface area (Å²) in [7, 11) is 0. The number of anilines is 2. The number of nitrogens with one attached hydrogen (secondary N) is 1. The summed E-state index contributed by atoms with van der Waals surface area (Å²) < 4.78 is 0. The van der Waals surface area contributed by atoms with Gasteiger partial charge in [0.05, 0.1) is 17.3 Å². The highest BCUT2D eigenvalue weighted by molar-refractivity contribution is 6.28. The van der Waals surface area contributed by atoms with Crippen LogP contribution in [0.3, 0.4) is 0 Å². The summed E-state index contributed by atoms with van der Waals surface area (Å²) in [6.07, 6.45) is 6.43. The molecule has 2 fully saturated rings. The number of piperidine rings is 1. The third-order valence-electron chi connectivity index (χ3n) is 6.86. The topological polar surface area (TPSA) is 82.6 Å². The van der Waals surface area contributed by atoms with E-state index >= 15 is 0 Å². The van der Waals surface area contributed by atoms with E-state index in [4.69, 9.17) is 0 Å². The fourth-order valence-electron chi connectivity index (χ4n) is 5.45. The van der Waals surface area contributed by atoms with Gasteiger partial charge in [-0.3, -0.25) is 29.6 Å². The zero-order valence-electron chi connectivity index (χ0n) is 17.5. The van der Waals surface area contributed by atoms with Crippen molar-refractivity contribution in [1.29, 1.82) is 0 Å². The van der Waals surface area contributed by atoms with Crippen molar-refractivity contribution in [3.8, 4) is 0 Å². The lowest BCUT2D eigenvalue weighted by molar-refractivity contribution is -0.134. The number of aromatic nitrogens is 1. The van der Waals surface area contributed by atoms with Crippen molar-refractivity contribution < 1.29 is 14.4 Å². The van der Waals surface area contributed by atoms with Crippen LogP contribution in [0.25, 0.3) is 10.8 Å². The number of hydrogen-bond donors (Lipinski definition) is 1. The summed E-state index contributed by atoms with van der Waals surface area (Å²) >= 11 is 0. The van der Waals surface area contributed by atoms with Crippen LogP contribution in [0.4, 0.5) is 11.4 Å². The van der Waals surface area contributed by atoms with Crippen LogP contribution in [0.15, 0.2) is 54.9 Å². The molecule has 3 aliphatic rings. The Bertz CT molecular complexity index is 1270. The van der Waals surface area contributed by atoms with Crippen molar-refractivity contribution >= 4 is 39.9 Å². The van der Waals surface area contributed by atoms with Gasteiger partial charge in [-0.25, -0.2) is 0 Å². The molecule has 3 amide bonds. The van der Waals surface area contributed by atoms with E-state index in [9.17, 15) is 14.4 Å². The van der Waals surface area contributed by atoms with Crippen LogP contribution in [0.2, 0.25) is 0 Å². The fraction of sp³-hybridized carbons (Fsp3) is 0.280. The Kier molecular flexibility index (Phi) is 4.24. The molecule has 3 aliphatic heterocycles. The molecule has 2 atom stereocenters. The second-order valence-electron chi connectivity index (χ2n) is 8.61. The molecule has 7 heteroatoms. The first-order valence-electron chi connectivity index (χ1n) is 11.0. The molecule has 0 bridgehead atoms. The molecular weight excluding hydrogens is 404 g/mol. The van der Waals surface area contributed by atoms with E-state index in [-0.39, 0.29) is 24.3 Å². The molecule has 2 unspecified atom stereocenters. The zero-order valence-corrected chi connectivity index (χ0v) is 17.5. The highest BCUT2D eigenvalue weighted by Gasteiger charge is 2.41. The molecule has 0 radical (unpaired) electrons. The van der Waals surface area contributed by atoms with Crippen LogP contribution in [0.5, 0.6) is 0 Å². The van der Waals surface area contributed by atoms with Crippen LogP contribution >= 0.6 is 0 Å². The van der Waals surface area contributed by atoms with Gasteiger partial charge in [-0.15, -0.1) is 0 Å². The van der Waals surface area contributed by atoms with Crippen LogP contribution in [-0.4, -0.2) is 35.3 Å². The van der Waals surface area contributed by atoms with Gasteiger partial charge in [-0.05, 0) is 49.1 Å². The van der Waals surface area contributed by atoms with Gasteiger partial charge in [-0.2, -0.15) is 0 Å². The smallest absolute Gasteiger partial charge is 0.259 e. The molecule has 4 heterocycles. The van der Waals surface area contributed by atoms with E-state index in [1.54, 1.807) is 11.1 Å². The number of hydrogen-bond acceptors (Lipinski definition) is 5. The van der Waals surface area contributed by atoms with E-state index in [0.717, 1.165) is 41.5 Å². The second-order valence-corrected chi connectivity index (χ2v) is 8.61. The number of amides is 3. The average molecular weight is 426 g/mol. The monoisotopic (exact) mass is 426 g/mol. The van der Waals surface area contributed by atoms with Crippen molar-refractivity contribution in [3.63, 3.8) is 0 Å². The van der Waals surface area contributed by atoms with Crippen molar-refractivity contribution in [1.82, 2.24) is 10.3 Å². The van der Waals surface area contributed by atoms with Gasteiger partial charge in [0.1, 0.15) is 6.04 Å². The van der Waals surface area contributed by atoms with Gasteiger partial charge < -0.3 is 4.90 Å². The lowest BCUT2D eigenvalue weighted by atomic mass is 10.0. The maximum Gasteiger partial charge on any atom is 0.259 e. The van der Waals surface area contributed by atoms with Crippen LogP contribution in [0.1, 0.15) is 47.6 Å². The van der Waals surface area contributed by atoms with Crippen LogP contribution in [0, 0.1) is 0 Å². The summed E-state index contributed by atoms with van der Waals surface area (Å²) in [5, 5.41) is 4.28. The molecule has 0 spiro atoms.